The fourth-order valence-electron chi connectivity index (χ4n) is 1.85. The van der Waals surface area contributed by atoms with Gasteiger partial charge in [-0.15, -0.1) is 0 Å². The van der Waals surface area contributed by atoms with E-state index in [0.29, 0.717) is 6.04 Å². The van der Waals surface area contributed by atoms with Crippen LogP contribution in [-0.4, -0.2) is 16.3 Å². The van der Waals surface area contributed by atoms with Crippen molar-refractivity contribution in [2.24, 2.45) is 0 Å². The van der Waals surface area contributed by atoms with Gasteiger partial charge in [-0.3, -0.25) is 4.68 Å². The molecule has 70 valence electrons. The molecule has 0 bridgehead atoms. The van der Waals surface area contributed by atoms with Gasteiger partial charge in [-0.05, 0) is 28.8 Å². The van der Waals surface area contributed by atoms with Crippen LogP contribution in [0.2, 0.25) is 0 Å². The second-order valence-corrected chi connectivity index (χ2v) is 4.57. The first-order valence-electron chi connectivity index (χ1n) is 4.83. The first kappa shape index (κ1) is 8.00. The van der Waals surface area contributed by atoms with Crippen molar-refractivity contribution in [3.63, 3.8) is 0 Å². The van der Waals surface area contributed by atoms with Crippen molar-refractivity contribution in [3.8, 4) is 0 Å². The van der Waals surface area contributed by atoms with E-state index in [1.807, 2.05) is 0 Å². The van der Waals surface area contributed by atoms with E-state index in [9.17, 15) is 0 Å². The largest absolute Gasteiger partial charge is 0.312 e. The van der Waals surface area contributed by atoms with Crippen LogP contribution in [0.3, 0.4) is 0 Å². The molecule has 0 atom stereocenters. The Morgan fingerprint density at radius 3 is 3.00 bits per heavy atom. The Labute approximate surface area is 85.6 Å². The Morgan fingerprint density at radius 1 is 1.46 bits per heavy atom. The SMILES string of the molecule is Brc1c2c(nn1C1CC1)CCNC2. The highest BCUT2D eigenvalue weighted by Gasteiger charge is 2.29. The Hall–Kier alpha value is -0.350. The predicted molar refractivity (Wildman–Crippen MR) is 53.6 cm³/mol. The molecule has 2 aliphatic rings. The lowest BCUT2D eigenvalue weighted by Gasteiger charge is -2.10. The van der Waals surface area contributed by atoms with Crippen LogP contribution in [-0.2, 0) is 13.0 Å². The van der Waals surface area contributed by atoms with E-state index < -0.39 is 0 Å². The standard InChI is InChI=1S/C9H12BrN3/c10-9-7-5-11-4-3-8(7)12-13(9)6-1-2-6/h6,11H,1-5H2. The summed E-state index contributed by atoms with van der Waals surface area (Å²) in [7, 11) is 0. The second-order valence-electron chi connectivity index (χ2n) is 3.82. The zero-order valence-electron chi connectivity index (χ0n) is 7.39. The molecule has 0 amide bonds. The van der Waals surface area contributed by atoms with Crippen LogP contribution in [0.5, 0.6) is 0 Å². The molecule has 1 aromatic heterocycles. The molecule has 1 fully saturated rings. The Bertz CT molecular complexity index is 341. The lowest BCUT2D eigenvalue weighted by molar-refractivity contribution is 0.608. The van der Waals surface area contributed by atoms with Gasteiger partial charge in [0.2, 0.25) is 0 Å². The highest BCUT2D eigenvalue weighted by molar-refractivity contribution is 9.10. The molecule has 3 rings (SSSR count). The normalized spacial score (nSPS) is 21.6. The molecule has 1 aromatic rings. The molecule has 0 aromatic carbocycles. The lowest BCUT2D eigenvalue weighted by Crippen LogP contribution is -2.23. The van der Waals surface area contributed by atoms with Crippen LogP contribution in [0.4, 0.5) is 0 Å². The van der Waals surface area contributed by atoms with E-state index in [-0.39, 0.29) is 0 Å². The Kier molecular flexibility index (Phi) is 1.73. The van der Waals surface area contributed by atoms with Gasteiger partial charge in [-0.25, -0.2) is 0 Å². The third-order valence-electron chi connectivity index (χ3n) is 2.76. The maximum atomic E-state index is 4.64. The van der Waals surface area contributed by atoms with Gasteiger partial charge in [0.05, 0.1) is 11.7 Å². The smallest absolute Gasteiger partial charge is 0.109 e. The van der Waals surface area contributed by atoms with Gasteiger partial charge in [0.25, 0.3) is 0 Å². The van der Waals surface area contributed by atoms with Crippen LogP contribution >= 0.6 is 15.9 Å². The van der Waals surface area contributed by atoms with Gasteiger partial charge in [0.15, 0.2) is 0 Å². The average Bonchev–Trinajstić information content (AvgIpc) is 2.94. The number of aromatic nitrogens is 2. The zero-order chi connectivity index (χ0) is 8.84. The number of fused-ring (bicyclic) bond motifs is 1. The monoisotopic (exact) mass is 241 g/mol. The van der Waals surface area contributed by atoms with E-state index in [0.717, 1.165) is 19.5 Å². The van der Waals surface area contributed by atoms with Crippen LogP contribution in [0.1, 0.15) is 30.1 Å². The van der Waals surface area contributed by atoms with Crippen molar-refractivity contribution >= 4 is 15.9 Å². The minimum atomic E-state index is 0.681. The number of nitrogens with one attached hydrogen (secondary N) is 1. The van der Waals surface area contributed by atoms with Crippen LogP contribution in [0.25, 0.3) is 0 Å². The lowest BCUT2D eigenvalue weighted by atomic mass is 10.1. The van der Waals surface area contributed by atoms with Gasteiger partial charge >= 0.3 is 0 Å². The molecule has 0 unspecified atom stereocenters. The second kappa shape index (κ2) is 2.82. The third-order valence-corrected chi connectivity index (χ3v) is 3.60. The number of hydrogen-bond donors (Lipinski definition) is 1. The average molecular weight is 242 g/mol. The topological polar surface area (TPSA) is 29.9 Å². The summed E-state index contributed by atoms with van der Waals surface area (Å²) in [6, 6.07) is 0.681. The van der Waals surface area contributed by atoms with Gasteiger partial charge in [-0.2, -0.15) is 5.10 Å². The van der Waals surface area contributed by atoms with Gasteiger partial charge in [-0.1, -0.05) is 0 Å². The number of halogens is 1. The first-order valence-corrected chi connectivity index (χ1v) is 5.62. The molecule has 4 heteroatoms. The Balaban J connectivity index is 2.06. The minimum Gasteiger partial charge on any atom is -0.312 e. The fraction of sp³-hybridized carbons (Fsp3) is 0.667. The third kappa shape index (κ3) is 1.23. The highest BCUT2D eigenvalue weighted by atomic mass is 79.9. The molecule has 1 aliphatic carbocycles. The van der Waals surface area contributed by atoms with E-state index in [4.69, 9.17) is 0 Å². The summed E-state index contributed by atoms with van der Waals surface area (Å²) in [6.07, 6.45) is 3.67. The molecular weight excluding hydrogens is 230 g/mol. The molecule has 3 nitrogen and oxygen atoms in total. The maximum absolute atomic E-state index is 4.64. The summed E-state index contributed by atoms with van der Waals surface area (Å²) >= 11 is 3.64. The summed E-state index contributed by atoms with van der Waals surface area (Å²) in [5, 5.41) is 8.01. The zero-order valence-corrected chi connectivity index (χ0v) is 8.97. The minimum absolute atomic E-state index is 0.681. The van der Waals surface area contributed by atoms with Crippen LogP contribution < -0.4 is 5.32 Å². The predicted octanol–water partition coefficient (Wildman–Crippen LogP) is 1.63. The molecule has 0 radical (unpaired) electrons. The van der Waals surface area contributed by atoms with Crippen molar-refractivity contribution in [1.82, 2.24) is 15.1 Å². The first-order chi connectivity index (χ1) is 6.36. The molecule has 0 spiro atoms. The molecule has 1 saturated carbocycles. The summed E-state index contributed by atoms with van der Waals surface area (Å²) in [4.78, 5) is 0. The maximum Gasteiger partial charge on any atom is 0.109 e. The van der Waals surface area contributed by atoms with E-state index >= 15 is 0 Å². The quantitative estimate of drug-likeness (QED) is 0.811. The summed E-state index contributed by atoms with van der Waals surface area (Å²) in [6.45, 7) is 2.05. The number of nitrogens with zero attached hydrogens (tertiary/aromatic N) is 2. The summed E-state index contributed by atoms with van der Waals surface area (Å²) < 4.78 is 3.37. The molecule has 0 saturated heterocycles. The van der Waals surface area contributed by atoms with E-state index in [2.05, 4.69) is 31.0 Å². The van der Waals surface area contributed by atoms with Crippen molar-refractivity contribution in [3.05, 3.63) is 15.9 Å². The van der Waals surface area contributed by atoms with E-state index in [1.54, 1.807) is 0 Å². The van der Waals surface area contributed by atoms with Gasteiger partial charge in [0.1, 0.15) is 4.60 Å². The van der Waals surface area contributed by atoms with Crippen molar-refractivity contribution in [2.45, 2.75) is 31.8 Å². The molecular formula is C9H12BrN3. The van der Waals surface area contributed by atoms with Crippen molar-refractivity contribution in [1.29, 1.82) is 0 Å². The van der Waals surface area contributed by atoms with E-state index in [1.165, 1.54) is 28.7 Å². The summed E-state index contributed by atoms with van der Waals surface area (Å²) in [5.41, 5.74) is 2.66. The highest BCUT2D eigenvalue weighted by Crippen LogP contribution is 2.38. The molecule has 13 heavy (non-hydrogen) atoms. The number of rotatable bonds is 1. The fourth-order valence-corrected chi connectivity index (χ4v) is 2.59. The molecule has 1 aliphatic heterocycles. The molecule has 1 N–H and O–H groups in total. The van der Waals surface area contributed by atoms with Crippen LogP contribution in [0.15, 0.2) is 4.60 Å². The summed E-state index contributed by atoms with van der Waals surface area (Å²) in [5.74, 6) is 0. The van der Waals surface area contributed by atoms with Crippen LogP contribution in [0, 0.1) is 0 Å². The molecule has 2 heterocycles. The van der Waals surface area contributed by atoms with Crippen molar-refractivity contribution in [2.75, 3.05) is 6.54 Å². The van der Waals surface area contributed by atoms with Gasteiger partial charge < -0.3 is 5.32 Å². The van der Waals surface area contributed by atoms with Crippen molar-refractivity contribution < 1.29 is 0 Å². The van der Waals surface area contributed by atoms with Gasteiger partial charge in [0, 0.05) is 25.1 Å². The number of hydrogen-bond acceptors (Lipinski definition) is 2. The Morgan fingerprint density at radius 2 is 2.31 bits per heavy atom.